The van der Waals surface area contributed by atoms with Crippen LogP contribution in [0.5, 0.6) is 0 Å². The summed E-state index contributed by atoms with van der Waals surface area (Å²) in [5.74, 6) is 0. The lowest BCUT2D eigenvalue weighted by atomic mass is 10.1. The fraction of sp³-hybridized carbons (Fsp3) is 1.00. The normalized spacial score (nSPS) is 33.6. The summed E-state index contributed by atoms with van der Waals surface area (Å²) in [5.41, 5.74) is 0. The van der Waals surface area contributed by atoms with E-state index in [0.29, 0.717) is 6.61 Å². The smallest absolute Gasteiger partial charge is 0.160 e. The summed E-state index contributed by atoms with van der Waals surface area (Å²) in [6.07, 6.45) is 0.767. The van der Waals surface area contributed by atoms with Gasteiger partial charge in [-0.05, 0) is 13.8 Å². The lowest BCUT2D eigenvalue weighted by molar-refractivity contribution is -0.213. The summed E-state index contributed by atoms with van der Waals surface area (Å²) in [5, 5.41) is 0. The van der Waals surface area contributed by atoms with E-state index in [0.717, 1.165) is 6.42 Å². The first-order chi connectivity index (χ1) is 6.67. The van der Waals surface area contributed by atoms with Gasteiger partial charge in [-0.3, -0.25) is 0 Å². The fourth-order valence-corrected chi connectivity index (χ4v) is 2.30. The molecule has 0 aromatic rings. The van der Waals surface area contributed by atoms with E-state index in [2.05, 4.69) is 0 Å². The van der Waals surface area contributed by atoms with E-state index < -0.39 is 0 Å². The van der Waals surface area contributed by atoms with Crippen LogP contribution in [0.3, 0.4) is 0 Å². The largest absolute Gasteiger partial charge is 0.350 e. The molecule has 1 rings (SSSR count). The quantitative estimate of drug-likeness (QED) is 0.646. The molecule has 0 amide bonds. The monoisotopic (exact) mass is 428 g/mol. The average Bonchev–Trinajstić information content (AvgIpc) is 2.16. The topological polar surface area (TPSA) is 36.9 Å². The molecule has 0 radical (unpaired) electrons. The molecule has 0 spiro atoms. The third-order valence-electron chi connectivity index (χ3n) is 1.94. The Morgan fingerprint density at radius 3 is 2.36 bits per heavy atom. The van der Waals surface area contributed by atoms with Crippen LogP contribution in [0.25, 0.3) is 0 Å². The summed E-state index contributed by atoms with van der Waals surface area (Å²) in [7, 11) is 0. The molecule has 0 aromatic heterocycles. The molecule has 0 N–H and O–H groups in total. The van der Waals surface area contributed by atoms with Crippen molar-refractivity contribution in [2.24, 2.45) is 0 Å². The SMILES string of the molecule is CC(C)OC1CC(OI)C(OI)CO1. The zero-order valence-electron chi connectivity index (χ0n) is 8.11. The molecule has 0 bridgehead atoms. The first kappa shape index (κ1) is 13.4. The number of rotatable bonds is 4. The summed E-state index contributed by atoms with van der Waals surface area (Å²) in [6.45, 7) is 4.50. The Balaban J connectivity index is 2.40. The number of hydrogen-bond donors (Lipinski definition) is 0. The molecule has 14 heavy (non-hydrogen) atoms. The van der Waals surface area contributed by atoms with Crippen molar-refractivity contribution in [3.8, 4) is 0 Å². The molecule has 6 heteroatoms. The van der Waals surface area contributed by atoms with Crippen molar-refractivity contribution in [2.45, 2.75) is 44.9 Å². The van der Waals surface area contributed by atoms with Crippen LogP contribution < -0.4 is 0 Å². The molecular formula is C8H14I2O4. The summed E-state index contributed by atoms with van der Waals surface area (Å²) in [4.78, 5) is 0. The molecular weight excluding hydrogens is 414 g/mol. The fourth-order valence-electron chi connectivity index (χ4n) is 1.29. The van der Waals surface area contributed by atoms with Crippen molar-refractivity contribution in [2.75, 3.05) is 6.61 Å². The summed E-state index contributed by atoms with van der Waals surface area (Å²) >= 11 is 3.77. The third kappa shape index (κ3) is 4.05. The van der Waals surface area contributed by atoms with Gasteiger partial charge in [-0.1, -0.05) is 0 Å². The Hall–Kier alpha value is 1.30. The highest BCUT2D eigenvalue weighted by Crippen LogP contribution is 2.24. The lowest BCUT2D eigenvalue weighted by Gasteiger charge is -2.33. The number of halogens is 2. The molecule has 0 aromatic carbocycles. The predicted octanol–water partition coefficient (Wildman–Crippen LogP) is 2.63. The highest BCUT2D eigenvalue weighted by Gasteiger charge is 2.33. The van der Waals surface area contributed by atoms with Crippen molar-refractivity contribution in [3.63, 3.8) is 0 Å². The van der Waals surface area contributed by atoms with Crippen molar-refractivity contribution >= 4 is 46.0 Å². The maximum Gasteiger partial charge on any atom is 0.160 e. The molecule has 1 saturated heterocycles. The molecule has 3 unspecified atom stereocenters. The summed E-state index contributed by atoms with van der Waals surface area (Å²) < 4.78 is 21.5. The Bertz CT molecular complexity index is 167. The van der Waals surface area contributed by atoms with Crippen LogP contribution in [0, 0.1) is 0 Å². The second kappa shape index (κ2) is 6.79. The van der Waals surface area contributed by atoms with Crippen molar-refractivity contribution in [1.29, 1.82) is 0 Å². The Morgan fingerprint density at radius 1 is 1.21 bits per heavy atom. The Kier molecular flexibility index (Phi) is 6.48. The highest BCUT2D eigenvalue weighted by atomic mass is 127. The van der Waals surface area contributed by atoms with Crippen LogP contribution in [0.1, 0.15) is 20.3 Å². The van der Waals surface area contributed by atoms with Gasteiger partial charge in [-0.25, -0.2) is 0 Å². The van der Waals surface area contributed by atoms with Gasteiger partial charge in [0.1, 0.15) is 58.2 Å². The first-order valence-electron chi connectivity index (χ1n) is 4.49. The second-order valence-corrected chi connectivity index (χ2v) is 4.46. The van der Waals surface area contributed by atoms with E-state index in [1.807, 2.05) is 59.9 Å². The van der Waals surface area contributed by atoms with Gasteiger partial charge in [0.15, 0.2) is 6.29 Å². The summed E-state index contributed by atoms with van der Waals surface area (Å²) in [6, 6.07) is 0. The van der Waals surface area contributed by atoms with E-state index in [1.54, 1.807) is 0 Å². The van der Waals surface area contributed by atoms with Gasteiger partial charge in [0.25, 0.3) is 0 Å². The minimum atomic E-state index is -0.169. The minimum Gasteiger partial charge on any atom is -0.350 e. The van der Waals surface area contributed by atoms with E-state index in [9.17, 15) is 0 Å². The van der Waals surface area contributed by atoms with Crippen LogP contribution in [-0.2, 0) is 15.6 Å². The molecule has 3 atom stereocenters. The van der Waals surface area contributed by atoms with Gasteiger partial charge in [0.2, 0.25) is 0 Å². The lowest BCUT2D eigenvalue weighted by Crippen LogP contribution is -2.43. The van der Waals surface area contributed by atoms with E-state index >= 15 is 0 Å². The standard InChI is InChI=1S/C8H14I2O4/c1-5(2)12-8-3-6(13-9)7(14-10)4-11-8/h5-8H,3-4H2,1-2H3. The van der Waals surface area contributed by atoms with Gasteiger partial charge < -0.3 is 15.6 Å². The molecule has 0 saturated carbocycles. The van der Waals surface area contributed by atoms with Crippen molar-refractivity contribution < 1.29 is 15.6 Å². The van der Waals surface area contributed by atoms with Crippen LogP contribution in [0.2, 0.25) is 0 Å². The minimum absolute atomic E-state index is 0.000452. The molecule has 1 aliphatic heterocycles. The maximum absolute atomic E-state index is 5.55. The number of ether oxygens (including phenoxy) is 2. The van der Waals surface area contributed by atoms with Crippen LogP contribution in [-0.4, -0.2) is 31.2 Å². The molecule has 0 aliphatic carbocycles. The molecule has 1 fully saturated rings. The highest BCUT2D eigenvalue weighted by molar-refractivity contribution is 14.1. The van der Waals surface area contributed by atoms with Gasteiger partial charge in [-0.2, -0.15) is 0 Å². The maximum atomic E-state index is 5.55. The van der Waals surface area contributed by atoms with E-state index in [4.69, 9.17) is 15.6 Å². The third-order valence-corrected chi connectivity index (χ3v) is 3.24. The first-order valence-corrected chi connectivity index (χ1v) is 6.25. The zero-order valence-corrected chi connectivity index (χ0v) is 12.4. The van der Waals surface area contributed by atoms with Gasteiger partial charge in [0.05, 0.1) is 12.7 Å². The van der Waals surface area contributed by atoms with Gasteiger partial charge in [-0.15, -0.1) is 0 Å². The average molecular weight is 428 g/mol. The van der Waals surface area contributed by atoms with Gasteiger partial charge in [0, 0.05) is 6.42 Å². The predicted molar refractivity (Wildman–Crippen MR) is 68.4 cm³/mol. The van der Waals surface area contributed by atoms with E-state index in [-0.39, 0.29) is 24.6 Å². The van der Waals surface area contributed by atoms with Crippen LogP contribution in [0.4, 0.5) is 0 Å². The van der Waals surface area contributed by atoms with Crippen molar-refractivity contribution in [3.05, 3.63) is 0 Å². The molecule has 4 nitrogen and oxygen atoms in total. The van der Waals surface area contributed by atoms with E-state index in [1.165, 1.54) is 0 Å². The van der Waals surface area contributed by atoms with Crippen LogP contribution >= 0.6 is 46.0 Å². The van der Waals surface area contributed by atoms with Crippen molar-refractivity contribution in [1.82, 2.24) is 0 Å². The number of hydrogen-bond acceptors (Lipinski definition) is 4. The second-order valence-electron chi connectivity index (χ2n) is 3.44. The zero-order chi connectivity index (χ0) is 10.6. The Labute approximate surface area is 112 Å². The molecule has 1 aliphatic rings. The molecule has 1 heterocycles. The van der Waals surface area contributed by atoms with Gasteiger partial charge >= 0.3 is 0 Å². The Morgan fingerprint density at radius 2 is 1.86 bits per heavy atom. The van der Waals surface area contributed by atoms with Crippen LogP contribution in [0.15, 0.2) is 0 Å². The molecule has 84 valence electrons.